The molecule has 0 spiro atoms. The molecule has 0 saturated heterocycles. The molecule has 0 aliphatic carbocycles. The van der Waals surface area contributed by atoms with Crippen LogP contribution in [0.1, 0.15) is 13.8 Å². The van der Waals surface area contributed by atoms with Gasteiger partial charge in [0.05, 0.1) is 13.2 Å². The van der Waals surface area contributed by atoms with E-state index in [1.807, 2.05) is 32.0 Å². The number of hydrogen-bond donors (Lipinski definition) is 0. The molecule has 1 heterocycles. The Hall–Kier alpha value is -2.00. The van der Waals surface area contributed by atoms with E-state index in [-0.39, 0.29) is 6.10 Å². The van der Waals surface area contributed by atoms with E-state index in [4.69, 9.17) is 9.47 Å². The largest absolute Gasteiger partial charge is 0.497 e. The quantitative estimate of drug-likeness (QED) is 0.645. The molecule has 0 radical (unpaired) electrons. The molecule has 3 rings (SSSR count). The maximum absolute atomic E-state index is 5.76. The lowest BCUT2D eigenvalue weighted by atomic mass is 10.1. The Kier molecular flexibility index (Phi) is 3.84. The van der Waals surface area contributed by atoms with E-state index in [1.165, 1.54) is 20.5 Å². The van der Waals surface area contributed by atoms with Gasteiger partial charge in [-0.05, 0) is 73.3 Å². The van der Waals surface area contributed by atoms with Crippen LogP contribution in [0.15, 0.2) is 48.5 Å². The van der Waals surface area contributed by atoms with Crippen molar-refractivity contribution in [2.45, 2.75) is 20.0 Å². The highest BCUT2D eigenvalue weighted by atomic mass is 32.1. The Morgan fingerprint density at radius 1 is 0.905 bits per heavy atom. The molecule has 21 heavy (non-hydrogen) atoms. The van der Waals surface area contributed by atoms with Crippen LogP contribution in [-0.2, 0) is 0 Å². The molecule has 0 fully saturated rings. The number of fused-ring (bicyclic) bond motifs is 1. The molecule has 1 aromatic heterocycles. The van der Waals surface area contributed by atoms with E-state index in [0.29, 0.717) is 0 Å². The standard InChI is InChI=1S/C18H18O2S/c1-12(2)20-16-9-6-14-10-17(21-18(14)11-16)13-4-7-15(19-3)8-5-13/h4-12H,1-3H3. The highest BCUT2D eigenvalue weighted by molar-refractivity contribution is 7.22. The van der Waals surface area contributed by atoms with Gasteiger partial charge in [-0.15, -0.1) is 11.3 Å². The second kappa shape index (κ2) is 5.78. The minimum atomic E-state index is 0.198. The maximum atomic E-state index is 5.76. The summed E-state index contributed by atoms with van der Waals surface area (Å²) in [5.41, 5.74) is 1.21. The summed E-state index contributed by atoms with van der Waals surface area (Å²) >= 11 is 1.78. The van der Waals surface area contributed by atoms with Crippen molar-refractivity contribution in [3.05, 3.63) is 48.5 Å². The van der Waals surface area contributed by atoms with Crippen molar-refractivity contribution in [1.29, 1.82) is 0 Å². The average molecular weight is 298 g/mol. The third kappa shape index (κ3) is 3.03. The summed E-state index contributed by atoms with van der Waals surface area (Å²) in [5.74, 6) is 1.81. The van der Waals surface area contributed by atoms with Crippen molar-refractivity contribution in [1.82, 2.24) is 0 Å². The zero-order chi connectivity index (χ0) is 14.8. The highest BCUT2D eigenvalue weighted by Gasteiger charge is 2.06. The summed E-state index contributed by atoms with van der Waals surface area (Å²) < 4.78 is 12.2. The number of benzene rings is 2. The van der Waals surface area contributed by atoms with Gasteiger partial charge < -0.3 is 9.47 Å². The van der Waals surface area contributed by atoms with Gasteiger partial charge in [-0.2, -0.15) is 0 Å². The summed E-state index contributed by atoms with van der Waals surface area (Å²) in [7, 11) is 1.69. The van der Waals surface area contributed by atoms with Gasteiger partial charge in [0, 0.05) is 9.58 Å². The van der Waals surface area contributed by atoms with E-state index in [1.54, 1.807) is 18.4 Å². The van der Waals surface area contributed by atoms with Gasteiger partial charge in [-0.3, -0.25) is 0 Å². The molecule has 0 bridgehead atoms. The lowest BCUT2D eigenvalue weighted by Crippen LogP contribution is -2.04. The summed E-state index contributed by atoms with van der Waals surface area (Å²) in [6, 6.07) is 16.7. The minimum Gasteiger partial charge on any atom is -0.497 e. The fourth-order valence-corrected chi connectivity index (χ4v) is 3.35. The minimum absolute atomic E-state index is 0.198. The van der Waals surface area contributed by atoms with Crippen molar-refractivity contribution in [3.8, 4) is 21.9 Å². The van der Waals surface area contributed by atoms with Crippen molar-refractivity contribution >= 4 is 21.4 Å². The van der Waals surface area contributed by atoms with Crippen molar-refractivity contribution < 1.29 is 9.47 Å². The first kappa shape index (κ1) is 14.0. The third-order valence-electron chi connectivity index (χ3n) is 3.24. The topological polar surface area (TPSA) is 18.5 Å². The number of hydrogen-bond acceptors (Lipinski definition) is 3. The second-order valence-electron chi connectivity index (χ2n) is 5.21. The fourth-order valence-electron chi connectivity index (χ4n) is 2.25. The molecule has 0 N–H and O–H groups in total. The van der Waals surface area contributed by atoms with E-state index in [9.17, 15) is 0 Å². The van der Waals surface area contributed by atoms with Crippen LogP contribution in [0.2, 0.25) is 0 Å². The van der Waals surface area contributed by atoms with Crippen LogP contribution < -0.4 is 9.47 Å². The third-order valence-corrected chi connectivity index (χ3v) is 4.38. The van der Waals surface area contributed by atoms with Crippen LogP contribution in [0.4, 0.5) is 0 Å². The van der Waals surface area contributed by atoms with E-state index >= 15 is 0 Å². The van der Waals surface area contributed by atoms with Gasteiger partial charge in [-0.1, -0.05) is 0 Å². The Balaban J connectivity index is 1.95. The Morgan fingerprint density at radius 2 is 1.62 bits per heavy atom. The van der Waals surface area contributed by atoms with Gasteiger partial charge in [-0.25, -0.2) is 0 Å². The monoisotopic (exact) mass is 298 g/mol. The van der Waals surface area contributed by atoms with E-state index in [2.05, 4.69) is 30.3 Å². The average Bonchev–Trinajstić information content (AvgIpc) is 2.90. The molecule has 108 valence electrons. The predicted molar refractivity (Wildman–Crippen MR) is 89.6 cm³/mol. The summed E-state index contributed by atoms with van der Waals surface area (Å²) in [5, 5.41) is 1.25. The molecule has 2 aromatic carbocycles. The summed E-state index contributed by atoms with van der Waals surface area (Å²) in [6.07, 6.45) is 0.198. The Labute approximate surface area is 128 Å². The van der Waals surface area contributed by atoms with Gasteiger partial charge in [0.2, 0.25) is 0 Å². The number of methoxy groups -OCH3 is 1. The van der Waals surface area contributed by atoms with Gasteiger partial charge in [0.15, 0.2) is 0 Å². The Bertz CT molecular complexity index is 742. The Morgan fingerprint density at radius 3 is 2.29 bits per heavy atom. The first-order valence-electron chi connectivity index (χ1n) is 7.00. The number of rotatable bonds is 4. The molecular formula is C18H18O2S. The molecule has 2 nitrogen and oxygen atoms in total. The smallest absolute Gasteiger partial charge is 0.121 e. The molecular weight excluding hydrogens is 280 g/mol. The zero-order valence-electron chi connectivity index (χ0n) is 12.4. The van der Waals surface area contributed by atoms with Gasteiger partial charge >= 0.3 is 0 Å². The SMILES string of the molecule is COc1ccc(-c2cc3ccc(OC(C)C)cc3s2)cc1. The van der Waals surface area contributed by atoms with Crippen molar-refractivity contribution in [2.24, 2.45) is 0 Å². The molecule has 0 amide bonds. The molecule has 0 atom stereocenters. The van der Waals surface area contributed by atoms with Crippen LogP contribution in [0, 0.1) is 0 Å². The van der Waals surface area contributed by atoms with Crippen LogP contribution in [0.3, 0.4) is 0 Å². The highest BCUT2D eigenvalue weighted by Crippen LogP contribution is 2.36. The predicted octanol–water partition coefficient (Wildman–Crippen LogP) is 5.36. The number of ether oxygens (including phenoxy) is 2. The zero-order valence-corrected chi connectivity index (χ0v) is 13.2. The molecule has 3 aromatic rings. The van der Waals surface area contributed by atoms with Crippen LogP contribution in [-0.4, -0.2) is 13.2 Å². The maximum Gasteiger partial charge on any atom is 0.121 e. The fraction of sp³-hybridized carbons (Fsp3) is 0.222. The van der Waals surface area contributed by atoms with Crippen LogP contribution in [0.5, 0.6) is 11.5 Å². The van der Waals surface area contributed by atoms with Crippen molar-refractivity contribution in [3.63, 3.8) is 0 Å². The molecule has 0 aliphatic rings. The van der Waals surface area contributed by atoms with Gasteiger partial charge in [0.25, 0.3) is 0 Å². The molecule has 3 heteroatoms. The van der Waals surface area contributed by atoms with E-state index in [0.717, 1.165) is 11.5 Å². The van der Waals surface area contributed by atoms with Gasteiger partial charge in [0.1, 0.15) is 11.5 Å². The van der Waals surface area contributed by atoms with E-state index < -0.39 is 0 Å². The van der Waals surface area contributed by atoms with Crippen molar-refractivity contribution in [2.75, 3.05) is 7.11 Å². The lowest BCUT2D eigenvalue weighted by molar-refractivity contribution is 0.243. The van der Waals surface area contributed by atoms with Crippen LogP contribution in [0.25, 0.3) is 20.5 Å². The molecule has 0 saturated carbocycles. The van der Waals surface area contributed by atoms with Crippen LogP contribution >= 0.6 is 11.3 Å². The first-order valence-corrected chi connectivity index (χ1v) is 7.82. The second-order valence-corrected chi connectivity index (χ2v) is 6.29. The first-order chi connectivity index (χ1) is 10.2. The number of thiophene rings is 1. The lowest BCUT2D eigenvalue weighted by Gasteiger charge is -2.08. The summed E-state index contributed by atoms with van der Waals surface area (Å²) in [4.78, 5) is 1.26. The molecule has 0 aliphatic heterocycles. The normalized spacial score (nSPS) is 11.0. The summed E-state index contributed by atoms with van der Waals surface area (Å²) in [6.45, 7) is 4.09. The molecule has 0 unspecified atom stereocenters.